The highest BCUT2D eigenvalue weighted by atomic mass is 19.4. The lowest BCUT2D eigenvalue weighted by Crippen LogP contribution is -2.37. The Hall–Kier alpha value is -4.21. The van der Waals surface area contributed by atoms with Gasteiger partial charge < -0.3 is 10.2 Å². The Morgan fingerprint density at radius 1 is 1.03 bits per heavy atom. The first-order valence-electron chi connectivity index (χ1n) is 9.96. The zero-order valence-electron chi connectivity index (χ0n) is 16.9. The summed E-state index contributed by atoms with van der Waals surface area (Å²) in [6.45, 7) is 0.210. The monoisotopic (exact) mass is 452 g/mol. The average molecular weight is 452 g/mol. The van der Waals surface area contributed by atoms with Crippen LogP contribution in [-0.4, -0.2) is 39.3 Å². The summed E-state index contributed by atoms with van der Waals surface area (Å²) in [6, 6.07) is 13.9. The van der Waals surface area contributed by atoms with Crippen LogP contribution in [0.2, 0.25) is 0 Å². The zero-order chi connectivity index (χ0) is 23.2. The second-order valence-electron chi connectivity index (χ2n) is 7.38. The van der Waals surface area contributed by atoms with Crippen molar-refractivity contribution >= 4 is 22.8 Å². The Labute approximate surface area is 184 Å². The molecule has 0 bridgehead atoms. The van der Waals surface area contributed by atoms with Gasteiger partial charge in [-0.25, -0.2) is 4.79 Å². The van der Waals surface area contributed by atoms with Gasteiger partial charge in [-0.15, -0.1) is 0 Å². The van der Waals surface area contributed by atoms with Gasteiger partial charge in [0.15, 0.2) is 0 Å². The van der Waals surface area contributed by atoms with Crippen molar-refractivity contribution in [3.8, 4) is 22.5 Å². The van der Waals surface area contributed by atoms with Crippen LogP contribution < -0.4 is 10.2 Å². The van der Waals surface area contributed by atoms with Crippen LogP contribution in [0.3, 0.4) is 0 Å². The number of rotatable bonds is 3. The first kappa shape index (κ1) is 20.7. The SMILES string of the molecule is O=C1NCCc2c1cc(-c1ccnc(-c3cccc4cccnc34)c1)n2OC(=O)C(F)(F)F. The van der Waals surface area contributed by atoms with Crippen molar-refractivity contribution in [3.05, 3.63) is 72.2 Å². The molecule has 1 N–H and O–H groups in total. The van der Waals surface area contributed by atoms with E-state index in [0.29, 0.717) is 16.8 Å². The molecule has 1 aliphatic heterocycles. The van der Waals surface area contributed by atoms with Gasteiger partial charge in [0.05, 0.1) is 28.2 Å². The number of hydrogen-bond acceptors (Lipinski definition) is 5. The lowest BCUT2D eigenvalue weighted by molar-refractivity contribution is -0.199. The summed E-state index contributed by atoms with van der Waals surface area (Å²) in [5, 5.41) is 3.54. The number of hydrogen-bond donors (Lipinski definition) is 1. The number of nitrogens with one attached hydrogen (secondary N) is 1. The zero-order valence-corrected chi connectivity index (χ0v) is 16.9. The molecular formula is C23H15F3N4O3. The number of amides is 1. The maximum absolute atomic E-state index is 12.9. The molecule has 4 heterocycles. The Morgan fingerprint density at radius 2 is 1.85 bits per heavy atom. The molecule has 0 atom stereocenters. The van der Waals surface area contributed by atoms with E-state index < -0.39 is 18.1 Å². The van der Waals surface area contributed by atoms with Gasteiger partial charge in [0.1, 0.15) is 0 Å². The van der Waals surface area contributed by atoms with Gasteiger partial charge in [0, 0.05) is 41.9 Å². The summed E-state index contributed by atoms with van der Waals surface area (Å²) < 4.78 is 39.6. The summed E-state index contributed by atoms with van der Waals surface area (Å²) >= 11 is 0. The summed E-state index contributed by atoms with van der Waals surface area (Å²) in [4.78, 5) is 37.4. The molecule has 0 unspecified atom stereocenters. The Morgan fingerprint density at radius 3 is 2.67 bits per heavy atom. The highest BCUT2D eigenvalue weighted by molar-refractivity contribution is 5.98. The van der Waals surface area contributed by atoms with Crippen LogP contribution in [-0.2, 0) is 11.2 Å². The van der Waals surface area contributed by atoms with Crippen molar-refractivity contribution in [1.29, 1.82) is 0 Å². The number of pyridine rings is 2. The van der Waals surface area contributed by atoms with Crippen LogP contribution in [0.15, 0.2) is 60.9 Å². The number of alkyl halides is 3. The van der Waals surface area contributed by atoms with Crippen molar-refractivity contribution in [2.24, 2.45) is 0 Å². The number of halogens is 3. The lowest BCUT2D eigenvalue weighted by atomic mass is 10.0. The quantitative estimate of drug-likeness (QED) is 0.514. The summed E-state index contributed by atoms with van der Waals surface area (Å²) in [6.07, 6.45) is -1.83. The molecule has 0 aliphatic carbocycles. The Kier molecular flexibility index (Phi) is 4.85. The molecule has 0 saturated carbocycles. The third kappa shape index (κ3) is 3.69. The van der Waals surface area contributed by atoms with Crippen LogP contribution >= 0.6 is 0 Å². The van der Waals surface area contributed by atoms with Gasteiger partial charge in [0.2, 0.25) is 0 Å². The van der Waals surface area contributed by atoms with Crippen molar-refractivity contribution in [2.45, 2.75) is 12.6 Å². The summed E-state index contributed by atoms with van der Waals surface area (Å²) in [5.41, 5.74) is 2.85. The molecule has 166 valence electrons. The molecule has 3 aromatic heterocycles. The molecule has 0 saturated heterocycles. The van der Waals surface area contributed by atoms with Crippen LogP contribution in [0.5, 0.6) is 0 Å². The average Bonchev–Trinajstić information content (AvgIpc) is 3.18. The van der Waals surface area contributed by atoms with E-state index >= 15 is 0 Å². The first-order valence-corrected chi connectivity index (χ1v) is 9.96. The standard InChI is InChI=1S/C23H15F3N4O3/c24-23(25,26)22(32)33-30-18-7-10-29-21(31)16(18)12-19(30)14-6-9-27-17(11-14)15-5-1-3-13-4-2-8-28-20(13)15/h1-6,8-9,11-12H,7,10H2,(H,29,31). The molecular weight excluding hydrogens is 437 g/mol. The second kappa shape index (κ2) is 7.73. The van der Waals surface area contributed by atoms with E-state index in [1.807, 2.05) is 30.3 Å². The number of fused-ring (bicyclic) bond motifs is 2. The highest BCUT2D eigenvalue weighted by Crippen LogP contribution is 2.32. The van der Waals surface area contributed by atoms with Crippen molar-refractivity contribution in [1.82, 2.24) is 20.0 Å². The van der Waals surface area contributed by atoms with Crippen LogP contribution in [0.4, 0.5) is 13.2 Å². The molecule has 7 nitrogen and oxygen atoms in total. The van der Waals surface area contributed by atoms with Gasteiger partial charge >= 0.3 is 12.1 Å². The molecule has 1 aliphatic rings. The third-order valence-corrected chi connectivity index (χ3v) is 5.32. The molecule has 0 radical (unpaired) electrons. The predicted octanol–water partition coefficient (Wildman–Crippen LogP) is 3.57. The number of benzene rings is 1. The van der Waals surface area contributed by atoms with Gasteiger partial charge in [-0.1, -0.05) is 24.3 Å². The minimum Gasteiger partial charge on any atom is -0.352 e. The normalized spacial score (nSPS) is 13.5. The van der Waals surface area contributed by atoms with Crippen molar-refractivity contribution in [3.63, 3.8) is 0 Å². The molecule has 33 heavy (non-hydrogen) atoms. The molecule has 0 fully saturated rings. The molecule has 1 aromatic carbocycles. The molecule has 1 amide bonds. The van der Waals surface area contributed by atoms with Gasteiger partial charge in [-0.2, -0.15) is 17.9 Å². The number of nitrogens with zero attached hydrogens (tertiary/aromatic N) is 3. The van der Waals surface area contributed by atoms with E-state index in [2.05, 4.69) is 15.3 Å². The summed E-state index contributed by atoms with van der Waals surface area (Å²) in [7, 11) is 0. The van der Waals surface area contributed by atoms with E-state index in [4.69, 9.17) is 4.84 Å². The van der Waals surface area contributed by atoms with Crippen LogP contribution in [0, 0.1) is 0 Å². The molecule has 4 aromatic rings. The maximum Gasteiger partial charge on any atom is 0.493 e. The number of aromatic nitrogens is 3. The molecule has 5 rings (SSSR count). The fraction of sp³-hybridized carbons (Fsp3) is 0.130. The van der Waals surface area contributed by atoms with E-state index in [0.717, 1.165) is 15.7 Å². The number of carbonyl (C=O) groups excluding carboxylic acids is 2. The Balaban J connectivity index is 1.66. The third-order valence-electron chi connectivity index (χ3n) is 5.32. The van der Waals surface area contributed by atoms with E-state index in [1.165, 1.54) is 12.3 Å². The van der Waals surface area contributed by atoms with E-state index in [9.17, 15) is 22.8 Å². The first-order chi connectivity index (χ1) is 15.8. The molecule has 10 heteroatoms. The topological polar surface area (TPSA) is 86.1 Å². The van der Waals surface area contributed by atoms with Crippen molar-refractivity contribution in [2.75, 3.05) is 6.54 Å². The predicted molar refractivity (Wildman–Crippen MR) is 112 cm³/mol. The van der Waals surface area contributed by atoms with Crippen LogP contribution in [0.1, 0.15) is 16.1 Å². The Bertz CT molecular complexity index is 1410. The highest BCUT2D eigenvalue weighted by Gasteiger charge is 2.43. The second-order valence-corrected chi connectivity index (χ2v) is 7.38. The largest absolute Gasteiger partial charge is 0.493 e. The lowest BCUT2D eigenvalue weighted by Gasteiger charge is -2.17. The minimum absolute atomic E-state index is 0.131. The maximum atomic E-state index is 12.9. The van der Waals surface area contributed by atoms with Crippen LogP contribution in [0.25, 0.3) is 33.4 Å². The van der Waals surface area contributed by atoms with E-state index in [-0.39, 0.29) is 29.9 Å². The van der Waals surface area contributed by atoms with E-state index in [1.54, 1.807) is 18.3 Å². The summed E-state index contributed by atoms with van der Waals surface area (Å²) in [5.74, 6) is -2.83. The fourth-order valence-electron chi connectivity index (χ4n) is 3.84. The number of carbonyl (C=O) groups is 2. The molecule has 0 spiro atoms. The van der Waals surface area contributed by atoms with Crippen molar-refractivity contribution < 1.29 is 27.6 Å². The number of para-hydroxylation sites is 1. The van der Waals surface area contributed by atoms with Gasteiger partial charge in [0.25, 0.3) is 5.91 Å². The minimum atomic E-state index is -5.19. The van der Waals surface area contributed by atoms with Gasteiger partial charge in [-0.3, -0.25) is 14.8 Å². The van der Waals surface area contributed by atoms with Gasteiger partial charge in [-0.05, 0) is 24.3 Å². The fourth-order valence-corrected chi connectivity index (χ4v) is 3.84. The smallest absolute Gasteiger partial charge is 0.352 e.